The topological polar surface area (TPSA) is 89.8 Å². The van der Waals surface area contributed by atoms with Crippen LogP contribution in [0.3, 0.4) is 0 Å². The van der Waals surface area contributed by atoms with Crippen LogP contribution < -0.4 is 4.74 Å². The second kappa shape index (κ2) is 10.7. The number of para-hydroxylation sites is 2. The van der Waals surface area contributed by atoms with Crippen molar-refractivity contribution < 1.29 is 19.1 Å². The molecule has 2 aliphatic heterocycles. The molecule has 190 valence electrons. The number of aromatic nitrogens is 3. The molecule has 9 heteroatoms. The molecule has 5 rings (SSSR count). The molecule has 1 unspecified atom stereocenters. The summed E-state index contributed by atoms with van der Waals surface area (Å²) < 4.78 is 13.9. The molecule has 1 spiro atoms. The molecular formula is C27H33N5O4. The van der Waals surface area contributed by atoms with E-state index < -0.39 is 5.60 Å². The van der Waals surface area contributed by atoms with Gasteiger partial charge in [-0.15, -0.1) is 5.10 Å². The summed E-state index contributed by atoms with van der Waals surface area (Å²) in [5.74, 6) is 0.737. The number of aryl methyl sites for hydroxylation is 1. The largest absolute Gasteiger partial charge is 0.491 e. The fraction of sp³-hybridized carbons (Fsp3) is 0.481. The molecule has 0 aliphatic carbocycles. The molecule has 0 N–H and O–H groups in total. The molecule has 9 nitrogen and oxygen atoms in total. The molecule has 2 aromatic carbocycles. The lowest BCUT2D eigenvalue weighted by molar-refractivity contribution is -0.176. The molecule has 0 radical (unpaired) electrons. The molecule has 3 heterocycles. The number of benzene rings is 2. The van der Waals surface area contributed by atoms with Crippen LogP contribution in [-0.4, -0.2) is 81.6 Å². The van der Waals surface area contributed by atoms with Gasteiger partial charge in [0.15, 0.2) is 5.60 Å². The Balaban J connectivity index is 1.34. The van der Waals surface area contributed by atoms with E-state index in [0.29, 0.717) is 39.3 Å². The predicted octanol–water partition coefficient (Wildman–Crippen LogP) is 2.68. The van der Waals surface area contributed by atoms with Crippen molar-refractivity contribution in [2.45, 2.75) is 44.8 Å². The van der Waals surface area contributed by atoms with E-state index in [4.69, 9.17) is 9.47 Å². The van der Waals surface area contributed by atoms with Gasteiger partial charge in [-0.1, -0.05) is 35.5 Å². The minimum absolute atomic E-state index is 0.0637. The second-order valence-corrected chi connectivity index (χ2v) is 9.44. The van der Waals surface area contributed by atoms with Crippen LogP contribution >= 0.6 is 0 Å². The number of amides is 2. The summed E-state index contributed by atoms with van der Waals surface area (Å²) in [4.78, 5) is 30.7. The van der Waals surface area contributed by atoms with Gasteiger partial charge in [-0.3, -0.25) is 9.59 Å². The molecule has 1 fully saturated rings. The first-order valence-corrected chi connectivity index (χ1v) is 12.8. The number of ether oxygens (including phenoxy) is 2. The van der Waals surface area contributed by atoms with Gasteiger partial charge in [0.1, 0.15) is 24.4 Å². The number of hydrogen-bond donors (Lipinski definition) is 0. The fourth-order valence-electron chi connectivity index (χ4n) is 5.18. The quantitative estimate of drug-likeness (QED) is 0.560. The Morgan fingerprint density at radius 3 is 2.78 bits per heavy atom. The fourth-order valence-corrected chi connectivity index (χ4v) is 5.18. The molecule has 1 saturated heterocycles. The van der Waals surface area contributed by atoms with Crippen molar-refractivity contribution >= 4 is 22.8 Å². The minimum Gasteiger partial charge on any atom is -0.491 e. The van der Waals surface area contributed by atoms with Crippen LogP contribution in [0.5, 0.6) is 5.75 Å². The molecule has 1 aromatic heterocycles. The molecule has 0 bridgehead atoms. The van der Waals surface area contributed by atoms with E-state index in [1.54, 1.807) is 14.5 Å². The smallest absolute Gasteiger partial charge is 0.256 e. The van der Waals surface area contributed by atoms with Crippen LogP contribution in [0.2, 0.25) is 0 Å². The monoisotopic (exact) mass is 491 g/mol. The first-order valence-electron chi connectivity index (χ1n) is 12.8. The average Bonchev–Trinajstić information content (AvgIpc) is 3.31. The zero-order valence-electron chi connectivity index (χ0n) is 20.8. The van der Waals surface area contributed by atoms with Crippen molar-refractivity contribution in [3.05, 3.63) is 54.1 Å². The van der Waals surface area contributed by atoms with Gasteiger partial charge in [-0.05, 0) is 56.4 Å². The molecule has 0 saturated carbocycles. The summed E-state index contributed by atoms with van der Waals surface area (Å²) in [6.07, 6.45) is 3.17. The maximum Gasteiger partial charge on any atom is 0.256 e. The van der Waals surface area contributed by atoms with Crippen molar-refractivity contribution in [3.8, 4) is 5.75 Å². The first-order chi connectivity index (χ1) is 17.6. The molecular weight excluding hydrogens is 458 g/mol. The van der Waals surface area contributed by atoms with E-state index in [1.165, 1.54) is 5.56 Å². The van der Waals surface area contributed by atoms with Crippen LogP contribution in [0.15, 0.2) is 48.5 Å². The van der Waals surface area contributed by atoms with Gasteiger partial charge in [0.2, 0.25) is 5.91 Å². The van der Waals surface area contributed by atoms with E-state index in [-0.39, 0.29) is 24.9 Å². The SMILES string of the molecule is CCN1CCOc2ccccc2CCCCC2(CN(C(=O)Cn3nnc4ccccc43)CCO2)C1=O. The van der Waals surface area contributed by atoms with Gasteiger partial charge in [0.25, 0.3) is 5.91 Å². The first kappa shape index (κ1) is 24.2. The zero-order chi connectivity index (χ0) is 25.0. The maximum absolute atomic E-state index is 13.9. The minimum atomic E-state index is -1.05. The number of rotatable bonds is 3. The summed E-state index contributed by atoms with van der Waals surface area (Å²) in [5.41, 5.74) is 1.70. The third-order valence-corrected chi connectivity index (χ3v) is 7.17. The summed E-state index contributed by atoms with van der Waals surface area (Å²) in [7, 11) is 0. The number of morpholine rings is 1. The van der Waals surface area contributed by atoms with Gasteiger partial charge < -0.3 is 19.3 Å². The number of carbonyl (C=O) groups excluding carboxylic acids is 2. The molecule has 2 amide bonds. The Morgan fingerprint density at radius 2 is 1.89 bits per heavy atom. The predicted molar refractivity (Wildman–Crippen MR) is 135 cm³/mol. The summed E-state index contributed by atoms with van der Waals surface area (Å²) in [6, 6.07) is 15.7. The Kier molecular flexibility index (Phi) is 7.18. The van der Waals surface area contributed by atoms with Gasteiger partial charge in [-0.25, -0.2) is 4.68 Å². The van der Waals surface area contributed by atoms with Crippen molar-refractivity contribution in [1.29, 1.82) is 0 Å². The lowest BCUT2D eigenvalue weighted by Crippen LogP contribution is -2.62. The Bertz CT molecular complexity index is 1230. The van der Waals surface area contributed by atoms with Gasteiger partial charge in [0, 0.05) is 13.1 Å². The highest BCUT2D eigenvalue weighted by Crippen LogP contribution is 2.30. The lowest BCUT2D eigenvalue weighted by Gasteiger charge is -2.44. The third kappa shape index (κ3) is 4.93. The standard InChI is InChI=1S/C27H33N5O4/c1-2-30-15-17-35-24-13-6-3-9-21(24)10-7-8-14-27(26(30)34)20-31(16-18-36-27)25(33)19-32-23-12-5-4-11-22(23)28-29-32/h3-6,9,11-13H,2,7-8,10,14-20H2,1H3. The average molecular weight is 492 g/mol. The van der Waals surface area contributed by atoms with Crippen LogP contribution in [-0.2, 0) is 27.3 Å². The van der Waals surface area contributed by atoms with E-state index >= 15 is 0 Å². The molecule has 36 heavy (non-hydrogen) atoms. The Labute approximate surface area is 210 Å². The number of nitrogens with zero attached hydrogens (tertiary/aromatic N) is 5. The molecule has 3 aromatic rings. The van der Waals surface area contributed by atoms with Crippen LogP contribution in [0.4, 0.5) is 0 Å². The van der Waals surface area contributed by atoms with Gasteiger partial charge in [-0.2, -0.15) is 0 Å². The summed E-state index contributed by atoms with van der Waals surface area (Å²) >= 11 is 0. The Hall–Kier alpha value is -3.46. The summed E-state index contributed by atoms with van der Waals surface area (Å²) in [6.45, 7) is 4.48. The summed E-state index contributed by atoms with van der Waals surface area (Å²) in [5, 5.41) is 8.31. The van der Waals surface area contributed by atoms with E-state index in [9.17, 15) is 9.59 Å². The van der Waals surface area contributed by atoms with Crippen molar-refractivity contribution in [2.75, 3.05) is 39.4 Å². The van der Waals surface area contributed by atoms with Gasteiger partial charge in [0.05, 0.1) is 25.2 Å². The van der Waals surface area contributed by atoms with Crippen LogP contribution in [0, 0.1) is 0 Å². The van der Waals surface area contributed by atoms with E-state index in [2.05, 4.69) is 16.4 Å². The highest BCUT2D eigenvalue weighted by atomic mass is 16.5. The highest BCUT2D eigenvalue weighted by molar-refractivity contribution is 5.87. The van der Waals surface area contributed by atoms with Crippen molar-refractivity contribution in [3.63, 3.8) is 0 Å². The highest BCUT2D eigenvalue weighted by Gasteiger charge is 2.46. The van der Waals surface area contributed by atoms with Gasteiger partial charge >= 0.3 is 0 Å². The second-order valence-electron chi connectivity index (χ2n) is 9.44. The number of hydrogen-bond acceptors (Lipinski definition) is 6. The number of fused-ring (bicyclic) bond motifs is 2. The van der Waals surface area contributed by atoms with E-state index in [0.717, 1.165) is 36.0 Å². The molecule has 2 aliphatic rings. The van der Waals surface area contributed by atoms with Crippen molar-refractivity contribution in [1.82, 2.24) is 24.8 Å². The molecule has 1 atom stereocenters. The van der Waals surface area contributed by atoms with Crippen LogP contribution in [0.1, 0.15) is 31.7 Å². The lowest BCUT2D eigenvalue weighted by atomic mass is 9.91. The van der Waals surface area contributed by atoms with Crippen molar-refractivity contribution in [2.24, 2.45) is 0 Å². The zero-order valence-corrected chi connectivity index (χ0v) is 20.8. The normalized spacial score (nSPS) is 21.5. The maximum atomic E-state index is 13.9. The third-order valence-electron chi connectivity index (χ3n) is 7.17. The Morgan fingerprint density at radius 1 is 1.06 bits per heavy atom. The van der Waals surface area contributed by atoms with Crippen LogP contribution in [0.25, 0.3) is 11.0 Å². The number of carbonyl (C=O) groups is 2. The van der Waals surface area contributed by atoms with E-state index in [1.807, 2.05) is 49.4 Å². The number of likely N-dealkylation sites (N-methyl/N-ethyl adjacent to an activating group) is 1.